The van der Waals surface area contributed by atoms with Crippen LogP contribution in [0.4, 0.5) is 5.69 Å². The van der Waals surface area contributed by atoms with Gasteiger partial charge in [-0.1, -0.05) is 40.5 Å². The van der Waals surface area contributed by atoms with Crippen molar-refractivity contribution >= 4 is 34.8 Å². The Kier molecular flexibility index (Phi) is 4.95. The maximum absolute atomic E-state index is 13.4. The van der Waals surface area contributed by atoms with Crippen molar-refractivity contribution in [3.8, 4) is 11.3 Å². The van der Waals surface area contributed by atoms with Gasteiger partial charge in [0.2, 0.25) is 5.91 Å². The van der Waals surface area contributed by atoms with Gasteiger partial charge >= 0.3 is 0 Å². The summed E-state index contributed by atoms with van der Waals surface area (Å²) < 4.78 is 5.56. The average Bonchev–Trinajstić information content (AvgIpc) is 3.44. The van der Waals surface area contributed by atoms with Gasteiger partial charge in [0, 0.05) is 42.8 Å². The number of para-hydroxylation sites is 1. The van der Waals surface area contributed by atoms with Gasteiger partial charge in [-0.2, -0.15) is 0 Å². The molecule has 2 fully saturated rings. The van der Waals surface area contributed by atoms with E-state index >= 15 is 0 Å². The molecule has 2 aliphatic rings. The minimum absolute atomic E-state index is 0.150. The third kappa shape index (κ3) is 3.46. The van der Waals surface area contributed by atoms with Gasteiger partial charge in [-0.25, -0.2) is 0 Å². The van der Waals surface area contributed by atoms with Gasteiger partial charge in [0.05, 0.1) is 21.8 Å². The van der Waals surface area contributed by atoms with Crippen LogP contribution < -0.4 is 4.90 Å². The molecule has 154 valence electrons. The van der Waals surface area contributed by atoms with Gasteiger partial charge in [0.25, 0.3) is 0 Å². The molecule has 0 spiro atoms. The monoisotopic (exact) mass is 441 g/mol. The van der Waals surface area contributed by atoms with Gasteiger partial charge in [-0.3, -0.25) is 4.79 Å². The minimum Gasteiger partial charge on any atom is -0.367 e. The van der Waals surface area contributed by atoms with E-state index < -0.39 is 5.41 Å². The number of piperazine rings is 1. The highest BCUT2D eigenvalue weighted by Crippen LogP contribution is 2.50. The van der Waals surface area contributed by atoms with Gasteiger partial charge < -0.3 is 14.3 Å². The van der Waals surface area contributed by atoms with Crippen molar-refractivity contribution in [1.82, 2.24) is 10.1 Å². The fourth-order valence-corrected chi connectivity index (χ4v) is 4.50. The molecule has 5 rings (SSSR count). The molecule has 2 heterocycles. The molecule has 1 aliphatic heterocycles. The first-order chi connectivity index (χ1) is 14.6. The molecule has 0 unspecified atom stereocenters. The summed E-state index contributed by atoms with van der Waals surface area (Å²) in [5.41, 5.74) is 2.11. The highest BCUT2D eigenvalue weighted by Gasteiger charge is 2.55. The predicted octanol–water partition coefficient (Wildman–Crippen LogP) is 5.03. The number of rotatable bonds is 4. The number of benzene rings is 2. The Labute approximate surface area is 185 Å². The predicted molar refractivity (Wildman–Crippen MR) is 118 cm³/mol. The quantitative estimate of drug-likeness (QED) is 0.569. The molecular weight excluding hydrogens is 421 g/mol. The van der Waals surface area contributed by atoms with E-state index in [0.29, 0.717) is 23.9 Å². The van der Waals surface area contributed by atoms with Crippen LogP contribution >= 0.6 is 23.2 Å². The van der Waals surface area contributed by atoms with Crippen molar-refractivity contribution < 1.29 is 9.32 Å². The maximum Gasteiger partial charge on any atom is 0.235 e. The van der Waals surface area contributed by atoms with Crippen LogP contribution in [0, 0.1) is 0 Å². The zero-order chi connectivity index (χ0) is 20.7. The summed E-state index contributed by atoms with van der Waals surface area (Å²) in [6, 6.07) is 17.1. The fourth-order valence-electron chi connectivity index (χ4n) is 4.12. The number of nitrogens with zero attached hydrogens (tertiary/aromatic N) is 3. The second-order valence-corrected chi connectivity index (χ2v) is 8.74. The number of aromatic nitrogens is 1. The van der Waals surface area contributed by atoms with Crippen LogP contribution in [0.1, 0.15) is 18.5 Å². The lowest BCUT2D eigenvalue weighted by Gasteiger charge is -2.37. The van der Waals surface area contributed by atoms with E-state index in [1.807, 2.05) is 59.5 Å². The van der Waals surface area contributed by atoms with Crippen LogP contribution in [-0.2, 0) is 10.2 Å². The highest BCUT2D eigenvalue weighted by molar-refractivity contribution is 6.33. The third-order valence-electron chi connectivity index (χ3n) is 6.05. The summed E-state index contributed by atoms with van der Waals surface area (Å²) in [7, 11) is 0. The second kappa shape index (κ2) is 7.64. The first-order valence-corrected chi connectivity index (χ1v) is 10.8. The van der Waals surface area contributed by atoms with Gasteiger partial charge in [0.1, 0.15) is 0 Å². The Morgan fingerprint density at radius 3 is 2.33 bits per heavy atom. The highest BCUT2D eigenvalue weighted by atomic mass is 35.5. The van der Waals surface area contributed by atoms with Crippen LogP contribution in [0.5, 0.6) is 0 Å². The Bertz CT molecular complexity index is 1070. The van der Waals surface area contributed by atoms with Crippen molar-refractivity contribution in [1.29, 1.82) is 0 Å². The first kappa shape index (κ1) is 19.5. The number of hydrogen-bond acceptors (Lipinski definition) is 4. The molecule has 0 N–H and O–H groups in total. The van der Waals surface area contributed by atoms with Gasteiger partial charge in [-0.15, -0.1) is 0 Å². The fraction of sp³-hybridized carbons (Fsp3) is 0.304. The summed E-state index contributed by atoms with van der Waals surface area (Å²) in [6.07, 6.45) is 1.62. The number of carbonyl (C=O) groups is 1. The normalized spacial score (nSPS) is 17.8. The van der Waals surface area contributed by atoms with E-state index in [0.717, 1.165) is 47.9 Å². The lowest BCUT2D eigenvalue weighted by Crippen LogP contribution is -2.51. The third-order valence-corrected chi connectivity index (χ3v) is 6.62. The standard InChI is InChI=1S/C23H21Cl2N3O2/c24-17-7-5-16(6-8-17)20-15-21(26-30-20)23(9-10-23)22(29)28-13-11-27(12-14-28)19-4-2-1-3-18(19)25/h1-8,15H,9-14H2. The lowest BCUT2D eigenvalue weighted by molar-refractivity contribution is -0.134. The average molecular weight is 442 g/mol. The van der Waals surface area contributed by atoms with Crippen molar-refractivity contribution in [2.24, 2.45) is 0 Å². The van der Waals surface area contributed by atoms with E-state index in [2.05, 4.69) is 10.1 Å². The second-order valence-electron chi connectivity index (χ2n) is 7.90. The molecule has 0 bridgehead atoms. The summed E-state index contributed by atoms with van der Waals surface area (Å²) in [4.78, 5) is 17.6. The van der Waals surface area contributed by atoms with Crippen molar-refractivity contribution in [3.63, 3.8) is 0 Å². The first-order valence-electron chi connectivity index (χ1n) is 10.1. The molecule has 1 aliphatic carbocycles. The smallest absolute Gasteiger partial charge is 0.235 e. The zero-order valence-corrected chi connectivity index (χ0v) is 17.9. The number of carbonyl (C=O) groups excluding carboxylic acids is 1. The zero-order valence-electron chi connectivity index (χ0n) is 16.4. The summed E-state index contributed by atoms with van der Waals surface area (Å²) in [5, 5.41) is 5.67. The van der Waals surface area contributed by atoms with Crippen molar-refractivity contribution in [2.45, 2.75) is 18.3 Å². The lowest BCUT2D eigenvalue weighted by atomic mass is 9.99. The molecule has 5 nitrogen and oxygen atoms in total. The van der Waals surface area contributed by atoms with E-state index in [-0.39, 0.29) is 5.91 Å². The van der Waals surface area contributed by atoms with Crippen LogP contribution in [0.15, 0.2) is 59.1 Å². The largest absolute Gasteiger partial charge is 0.367 e. The topological polar surface area (TPSA) is 49.6 Å². The Hall–Kier alpha value is -2.50. The summed E-state index contributed by atoms with van der Waals surface area (Å²) >= 11 is 12.3. The minimum atomic E-state index is -0.541. The molecule has 7 heteroatoms. The molecule has 2 aromatic carbocycles. The SMILES string of the molecule is O=C(N1CCN(c2ccccc2Cl)CC1)C1(c2cc(-c3ccc(Cl)cc3)on2)CC1. The Balaban J connectivity index is 1.29. The summed E-state index contributed by atoms with van der Waals surface area (Å²) in [6.45, 7) is 2.88. The number of amides is 1. The van der Waals surface area contributed by atoms with Gasteiger partial charge in [-0.05, 0) is 49.2 Å². The van der Waals surface area contributed by atoms with Crippen molar-refractivity contribution in [2.75, 3.05) is 31.1 Å². The van der Waals surface area contributed by atoms with Crippen LogP contribution in [0.2, 0.25) is 10.0 Å². The van der Waals surface area contributed by atoms with E-state index in [1.54, 1.807) is 0 Å². The van der Waals surface area contributed by atoms with Gasteiger partial charge in [0.15, 0.2) is 5.76 Å². The molecule has 1 amide bonds. The molecule has 1 saturated carbocycles. The Morgan fingerprint density at radius 1 is 0.967 bits per heavy atom. The number of halogens is 2. The molecule has 1 aromatic heterocycles. The van der Waals surface area contributed by atoms with E-state index in [9.17, 15) is 4.79 Å². The molecule has 1 saturated heterocycles. The van der Waals surface area contributed by atoms with Crippen LogP contribution in [0.3, 0.4) is 0 Å². The van der Waals surface area contributed by atoms with Crippen LogP contribution in [-0.4, -0.2) is 42.1 Å². The molecule has 30 heavy (non-hydrogen) atoms. The maximum atomic E-state index is 13.4. The number of hydrogen-bond donors (Lipinski definition) is 0. The Morgan fingerprint density at radius 2 is 1.67 bits per heavy atom. The van der Waals surface area contributed by atoms with E-state index in [4.69, 9.17) is 27.7 Å². The number of anilines is 1. The van der Waals surface area contributed by atoms with E-state index in [1.165, 1.54) is 0 Å². The molecule has 0 atom stereocenters. The summed E-state index contributed by atoms with van der Waals surface area (Å²) in [5.74, 6) is 0.807. The van der Waals surface area contributed by atoms with Crippen LogP contribution in [0.25, 0.3) is 11.3 Å². The molecule has 0 radical (unpaired) electrons. The van der Waals surface area contributed by atoms with Crippen molar-refractivity contribution in [3.05, 3.63) is 70.3 Å². The molecular formula is C23H21Cl2N3O2. The molecule has 3 aromatic rings.